The Balaban J connectivity index is 1.52. The highest BCUT2D eigenvalue weighted by Gasteiger charge is 2.34. The number of hydrogen-bond acceptors (Lipinski definition) is 5. The fourth-order valence-corrected chi connectivity index (χ4v) is 4.63. The normalized spacial score (nSPS) is 17.4. The summed E-state index contributed by atoms with van der Waals surface area (Å²) in [6.07, 6.45) is 3.45. The van der Waals surface area contributed by atoms with E-state index in [-0.39, 0.29) is 17.7 Å². The summed E-state index contributed by atoms with van der Waals surface area (Å²) in [5.41, 5.74) is 1.85. The van der Waals surface area contributed by atoms with Gasteiger partial charge in [0.15, 0.2) is 0 Å². The van der Waals surface area contributed by atoms with Gasteiger partial charge in [-0.3, -0.25) is 14.5 Å². The standard InChI is InChI=1S/C25H32N4O3/c1-17-20-9-10-21(30)29(16-11-18-7-5-4-6-8-18)23(20)27-22(26-17)19-12-14-28(15-13-19)24(31)25(2,3)32/h4-8,19,32H,9-16H2,1-3H3. The molecule has 2 aliphatic heterocycles. The van der Waals surface area contributed by atoms with Crippen LogP contribution in [0.15, 0.2) is 30.3 Å². The van der Waals surface area contributed by atoms with Crippen molar-refractivity contribution in [2.75, 3.05) is 24.5 Å². The second-order valence-electron chi connectivity index (χ2n) is 9.38. The predicted octanol–water partition coefficient (Wildman–Crippen LogP) is 2.78. The van der Waals surface area contributed by atoms with Gasteiger partial charge < -0.3 is 10.0 Å². The molecule has 1 saturated heterocycles. The number of aliphatic hydroxyl groups is 1. The first-order valence-electron chi connectivity index (χ1n) is 11.5. The molecule has 2 aromatic rings. The van der Waals surface area contributed by atoms with Crippen LogP contribution in [-0.4, -0.2) is 57.0 Å². The highest BCUT2D eigenvalue weighted by Crippen LogP contribution is 2.33. The zero-order valence-electron chi connectivity index (χ0n) is 19.2. The van der Waals surface area contributed by atoms with Crippen LogP contribution in [0.2, 0.25) is 0 Å². The lowest BCUT2D eigenvalue weighted by atomic mass is 9.93. The molecule has 2 amide bonds. The Bertz CT molecular complexity index is 992. The van der Waals surface area contributed by atoms with E-state index >= 15 is 0 Å². The van der Waals surface area contributed by atoms with Gasteiger partial charge >= 0.3 is 0 Å². The van der Waals surface area contributed by atoms with Crippen LogP contribution in [0.3, 0.4) is 0 Å². The number of carbonyl (C=O) groups excluding carboxylic acids is 2. The number of rotatable bonds is 5. The maximum atomic E-state index is 12.8. The number of amides is 2. The molecule has 0 saturated carbocycles. The smallest absolute Gasteiger partial charge is 0.253 e. The minimum atomic E-state index is -1.36. The summed E-state index contributed by atoms with van der Waals surface area (Å²) in [7, 11) is 0. The van der Waals surface area contributed by atoms with E-state index in [0.29, 0.717) is 32.5 Å². The molecule has 4 rings (SSSR count). The largest absolute Gasteiger partial charge is 0.381 e. The van der Waals surface area contributed by atoms with E-state index in [1.807, 2.05) is 30.0 Å². The van der Waals surface area contributed by atoms with Crippen molar-refractivity contribution in [3.63, 3.8) is 0 Å². The van der Waals surface area contributed by atoms with Crippen molar-refractivity contribution in [1.29, 1.82) is 0 Å². The molecule has 2 aliphatic rings. The fraction of sp³-hybridized carbons (Fsp3) is 0.520. The van der Waals surface area contributed by atoms with E-state index in [2.05, 4.69) is 12.1 Å². The summed E-state index contributed by atoms with van der Waals surface area (Å²) < 4.78 is 0. The second-order valence-corrected chi connectivity index (χ2v) is 9.38. The lowest BCUT2D eigenvalue weighted by Crippen LogP contribution is -2.48. The van der Waals surface area contributed by atoms with Crippen molar-refractivity contribution in [2.24, 2.45) is 0 Å². The van der Waals surface area contributed by atoms with Gasteiger partial charge in [-0.25, -0.2) is 9.97 Å². The zero-order valence-corrected chi connectivity index (χ0v) is 19.2. The third-order valence-electron chi connectivity index (χ3n) is 6.49. The van der Waals surface area contributed by atoms with Crippen molar-refractivity contribution in [1.82, 2.24) is 14.9 Å². The van der Waals surface area contributed by atoms with E-state index in [0.717, 1.165) is 42.2 Å². The zero-order chi connectivity index (χ0) is 22.9. The van der Waals surface area contributed by atoms with Gasteiger partial charge in [0.25, 0.3) is 5.91 Å². The molecular weight excluding hydrogens is 404 g/mol. The lowest BCUT2D eigenvalue weighted by Gasteiger charge is -2.35. The Morgan fingerprint density at radius 3 is 2.47 bits per heavy atom. The number of aryl methyl sites for hydroxylation is 1. The molecule has 7 heteroatoms. The number of likely N-dealkylation sites (tertiary alicyclic amines) is 1. The molecule has 1 fully saturated rings. The molecule has 0 unspecified atom stereocenters. The summed E-state index contributed by atoms with van der Waals surface area (Å²) in [4.78, 5) is 38.4. The van der Waals surface area contributed by atoms with Crippen molar-refractivity contribution >= 4 is 17.6 Å². The van der Waals surface area contributed by atoms with Crippen LogP contribution in [0.4, 0.5) is 5.82 Å². The lowest BCUT2D eigenvalue weighted by molar-refractivity contribution is -0.149. The summed E-state index contributed by atoms with van der Waals surface area (Å²) in [6.45, 7) is 6.80. The maximum absolute atomic E-state index is 12.8. The first-order valence-corrected chi connectivity index (χ1v) is 11.5. The van der Waals surface area contributed by atoms with Crippen LogP contribution < -0.4 is 4.90 Å². The Morgan fingerprint density at radius 1 is 1.12 bits per heavy atom. The molecule has 32 heavy (non-hydrogen) atoms. The Morgan fingerprint density at radius 2 is 1.81 bits per heavy atom. The number of carbonyl (C=O) groups is 2. The number of hydrogen-bond donors (Lipinski definition) is 1. The number of aromatic nitrogens is 2. The van der Waals surface area contributed by atoms with Crippen molar-refractivity contribution < 1.29 is 14.7 Å². The van der Waals surface area contributed by atoms with Gasteiger partial charge in [0.2, 0.25) is 5.91 Å². The minimum absolute atomic E-state index is 0.114. The molecule has 0 radical (unpaired) electrons. The molecule has 1 aromatic carbocycles. The third kappa shape index (κ3) is 4.67. The summed E-state index contributed by atoms with van der Waals surface area (Å²) in [5, 5.41) is 10.0. The number of anilines is 1. The third-order valence-corrected chi connectivity index (χ3v) is 6.49. The molecule has 3 heterocycles. The average Bonchev–Trinajstić information content (AvgIpc) is 2.78. The summed E-state index contributed by atoms with van der Waals surface area (Å²) in [6, 6.07) is 10.2. The van der Waals surface area contributed by atoms with Gasteiger partial charge in [-0.2, -0.15) is 0 Å². The molecule has 0 aliphatic carbocycles. The van der Waals surface area contributed by atoms with Gasteiger partial charge in [-0.05, 0) is 52.0 Å². The Hall–Kier alpha value is -2.80. The van der Waals surface area contributed by atoms with Gasteiger partial charge in [-0.1, -0.05) is 30.3 Å². The van der Waals surface area contributed by atoms with Crippen molar-refractivity contribution in [3.8, 4) is 0 Å². The monoisotopic (exact) mass is 436 g/mol. The van der Waals surface area contributed by atoms with Crippen molar-refractivity contribution in [2.45, 2.75) is 64.4 Å². The van der Waals surface area contributed by atoms with E-state index in [4.69, 9.17) is 9.97 Å². The first-order chi connectivity index (χ1) is 15.2. The van der Waals surface area contributed by atoms with Crippen molar-refractivity contribution in [3.05, 3.63) is 53.0 Å². The Labute approximate surface area is 189 Å². The molecular formula is C25H32N4O3. The van der Waals surface area contributed by atoms with Gasteiger partial charge in [-0.15, -0.1) is 0 Å². The highest BCUT2D eigenvalue weighted by atomic mass is 16.3. The van der Waals surface area contributed by atoms with Crippen LogP contribution in [-0.2, 0) is 22.4 Å². The molecule has 1 N–H and O–H groups in total. The topological polar surface area (TPSA) is 86.6 Å². The van der Waals surface area contributed by atoms with E-state index in [1.165, 1.54) is 19.4 Å². The number of fused-ring (bicyclic) bond motifs is 1. The number of benzene rings is 1. The van der Waals surface area contributed by atoms with E-state index < -0.39 is 5.60 Å². The predicted molar refractivity (Wildman–Crippen MR) is 122 cm³/mol. The molecule has 1 aromatic heterocycles. The fourth-order valence-electron chi connectivity index (χ4n) is 4.63. The molecule has 7 nitrogen and oxygen atoms in total. The van der Waals surface area contributed by atoms with Crippen LogP contribution in [0.5, 0.6) is 0 Å². The van der Waals surface area contributed by atoms with Crippen LogP contribution >= 0.6 is 0 Å². The molecule has 0 bridgehead atoms. The first kappa shape index (κ1) is 22.4. The summed E-state index contributed by atoms with van der Waals surface area (Å²) >= 11 is 0. The van der Waals surface area contributed by atoms with E-state index in [1.54, 1.807) is 4.90 Å². The van der Waals surface area contributed by atoms with Gasteiger partial charge in [0, 0.05) is 43.2 Å². The molecule has 0 spiro atoms. The number of piperidine rings is 1. The van der Waals surface area contributed by atoms with Gasteiger partial charge in [0.05, 0.1) is 0 Å². The van der Waals surface area contributed by atoms with Crippen LogP contribution in [0.1, 0.15) is 61.7 Å². The quantitative estimate of drug-likeness (QED) is 0.779. The Kier molecular flexibility index (Phi) is 6.29. The van der Waals surface area contributed by atoms with Crippen LogP contribution in [0.25, 0.3) is 0 Å². The van der Waals surface area contributed by atoms with Gasteiger partial charge in [0.1, 0.15) is 17.2 Å². The maximum Gasteiger partial charge on any atom is 0.253 e. The second kappa shape index (κ2) is 8.98. The highest BCUT2D eigenvalue weighted by molar-refractivity contribution is 5.95. The summed E-state index contributed by atoms with van der Waals surface area (Å²) in [5.74, 6) is 1.53. The number of nitrogens with zero attached hydrogens (tertiary/aromatic N) is 4. The SMILES string of the molecule is Cc1nc(C2CCN(C(=O)C(C)(C)O)CC2)nc2c1CCC(=O)N2CCc1ccccc1. The van der Waals surface area contributed by atoms with Crippen LogP contribution in [0, 0.1) is 6.92 Å². The minimum Gasteiger partial charge on any atom is -0.381 e. The molecule has 0 atom stereocenters. The van der Waals surface area contributed by atoms with E-state index in [9.17, 15) is 14.7 Å². The average molecular weight is 437 g/mol. The molecule has 170 valence electrons.